The summed E-state index contributed by atoms with van der Waals surface area (Å²) >= 11 is 0. The number of aliphatic imine (C=N–C) groups is 1. The SMILES string of the molecule is CCCCNC(N)=NCC1CCN(c2ccccc2OC)C1.I. The summed E-state index contributed by atoms with van der Waals surface area (Å²) in [6, 6.07) is 8.18. The molecule has 0 amide bonds. The lowest BCUT2D eigenvalue weighted by molar-refractivity contribution is 0.414. The Bertz CT molecular complexity index is 495. The van der Waals surface area contributed by atoms with Gasteiger partial charge in [-0.05, 0) is 30.9 Å². The van der Waals surface area contributed by atoms with Gasteiger partial charge in [0.1, 0.15) is 5.75 Å². The van der Waals surface area contributed by atoms with Crippen molar-refractivity contribution in [3.05, 3.63) is 24.3 Å². The Morgan fingerprint density at radius 3 is 2.96 bits per heavy atom. The predicted octanol–water partition coefficient (Wildman–Crippen LogP) is 2.84. The van der Waals surface area contributed by atoms with Crippen LogP contribution < -0.4 is 20.7 Å². The van der Waals surface area contributed by atoms with Gasteiger partial charge in [0.2, 0.25) is 0 Å². The van der Waals surface area contributed by atoms with Crippen molar-refractivity contribution in [1.82, 2.24) is 5.32 Å². The molecule has 6 heteroatoms. The molecule has 0 spiro atoms. The molecule has 0 radical (unpaired) electrons. The quantitative estimate of drug-likeness (QED) is 0.301. The van der Waals surface area contributed by atoms with Gasteiger partial charge in [0, 0.05) is 26.2 Å². The number of halogens is 1. The van der Waals surface area contributed by atoms with E-state index in [-0.39, 0.29) is 24.0 Å². The Hall–Kier alpha value is -1.18. The van der Waals surface area contributed by atoms with E-state index in [9.17, 15) is 0 Å². The maximum atomic E-state index is 5.89. The fourth-order valence-electron chi connectivity index (χ4n) is 2.77. The molecular weight excluding hydrogens is 403 g/mol. The molecule has 3 N–H and O–H groups in total. The summed E-state index contributed by atoms with van der Waals surface area (Å²) in [4.78, 5) is 6.85. The molecule has 0 saturated carbocycles. The van der Waals surface area contributed by atoms with Crippen LogP contribution >= 0.6 is 24.0 Å². The molecule has 1 fully saturated rings. The molecule has 1 aromatic carbocycles. The number of hydrogen-bond donors (Lipinski definition) is 2. The van der Waals surface area contributed by atoms with Crippen LogP contribution in [0, 0.1) is 5.92 Å². The zero-order chi connectivity index (χ0) is 15.8. The van der Waals surface area contributed by atoms with Crippen LogP contribution in [0.3, 0.4) is 0 Å². The molecule has 1 atom stereocenters. The maximum absolute atomic E-state index is 5.89. The minimum Gasteiger partial charge on any atom is -0.495 e. The lowest BCUT2D eigenvalue weighted by Crippen LogP contribution is -2.33. The van der Waals surface area contributed by atoms with E-state index < -0.39 is 0 Å². The van der Waals surface area contributed by atoms with Crippen molar-refractivity contribution in [2.45, 2.75) is 26.2 Å². The number of benzene rings is 1. The van der Waals surface area contributed by atoms with Crippen LogP contribution in [0.25, 0.3) is 0 Å². The van der Waals surface area contributed by atoms with E-state index in [1.54, 1.807) is 7.11 Å². The van der Waals surface area contributed by atoms with Gasteiger partial charge in [-0.15, -0.1) is 24.0 Å². The van der Waals surface area contributed by atoms with Gasteiger partial charge in [-0.25, -0.2) is 0 Å². The molecule has 1 aromatic rings. The van der Waals surface area contributed by atoms with Crippen LogP contribution in [0.15, 0.2) is 29.3 Å². The zero-order valence-corrected chi connectivity index (χ0v) is 16.5. The molecule has 2 rings (SSSR count). The number of nitrogens with one attached hydrogen (secondary N) is 1. The highest BCUT2D eigenvalue weighted by atomic mass is 127. The first-order valence-electron chi connectivity index (χ1n) is 8.16. The fourth-order valence-corrected chi connectivity index (χ4v) is 2.77. The predicted molar refractivity (Wildman–Crippen MR) is 108 cm³/mol. The highest BCUT2D eigenvalue weighted by Crippen LogP contribution is 2.31. The Kier molecular flexibility index (Phi) is 9.13. The topological polar surface area (TPSA) is 62.9 Å². The van der Waals surface area contributed by atoms with E-state index in [2.05, 4.69) is 34.3 Å². The van der Waals surface area contributed by atoms with Gasteiger partial charge >= 0.3 is 0 Å². The molecular formula is C17H29IN4O. The Morgan fingerprint density at radius 1 is 1.43 bits per heavy atom. The molecule has 0 aromatic heterocycles. The van der Waals surface area contributed by atoms with Crippen LogP contribution in [0.4, 0.5) is 5.69 Å². The third kappa shape index (κ3) is 6.08. The molecule has 1 unspecified atom stereocenters. The first kappa shape index (κ1) is 19.9. The highest BCUT2D eigenvalue weighted by molar-refractivity contribution is 14.0. The molecule has 1 heterocycles. The van der Waals surface area contributed by atoms with Crippen LogP contribution in [-0.4, -0.2) is 39.2 Å². The van der Waals surface area contributed by atoms with Crippen molar-refractivity contribution in [1.29, 1.82) is 0 Å². The van der Waals surface area contributed by atoms with Crippen molar-refractivity contribution in [2.75, 3.05) is 38.2 Å². The Balaban J connectivity index is 0.00000264. The standard InChI is InChI=1S/C17H28N4O.HI/c1-3-4-10-19-17(18)20-12-14-9-11-21(13-14)15-7-5-6-8-16(15)22-2;/h5-8,14H,3-4,9-13H2,1-2H3,(H3,18,19,20);1H. The van der Waals surface area contributed by atoms with E-state index in [4.69, 9.17) is 10.5 Å². The first-order valence-corrected chi connectivity index (χ1v) is 8.16. The Morgan fingerprint density at radius 2 is 2.22 bits per heavy atom. The third-order valence-electron chi connectivity index (χ3n) is 4.07. The molecule has 1 aliphatic rings. The van der Waals surface area contributed by atoms with Gasteiger partial charge in [0.05, 0.1) is 12.8 Å². The molecule has 1 aliphatic heterocycles. The first-order chi connectivity index (χ1) is 10.7. The van der Waals surface area contributed by atoms with Gasteiger partial charge in [-0.3, -0.25) is 4.99 Å². The number of unbranched alkanes of at least 4 members (excludes halogenated alkanes) is 1. The second kappa shape index (κ2) is 10.6. The number of rotatable bonds is 7. The summed E-state index contributed by atoms with van der Waals surface area (Å²) in [5.41, 5.74) is 7.06. The maximum Gasteiger partial charge on any atom is 0.188 e. The smallest absolute Gasteiger partial charge is 0.188 e. The van der Waals surface area contributed by atoms with Gasteiger partial charge in [-0.2, -0.15) is 0 Å². The lowest BCUT2D eigenvalue weighted by Gasteiger charge is -2.21. The number of hydrogen-bond acceptors (Lipinski definition) is 3. The van der Waals surface area contributed by atoms with Crippen LogP contribution in [0.2, 0.25) is 0 Å². The van der Waals surface area contributed by atoms with Crippen molar-refractivity contribution >= 4 is 35.6 Å². The summed E-state index contributed by atoms with van der Waals surface area (Å²) < 4.78 is 5.45. The summed E-state index contributed by atoms with van der Waals surface area (Å²) in [6.07, 6.45) is 3.43. The summed E-state index contributed by atoms with van der Waals surface area (Å²) in [6.45, 7) is 5.91. The summed E-state index contributed by atoms with van der Waals surface area (Å²) in [5.74, 6) is 2.06. The van der Waals surface area contributed by atoms with Gasteiger partial charge in [0.25, 0.3) is 0 Å². The van der Waals surface area contributed by atoms with Crippen LogP contribution in [-0.2, 0) is 0 Å². The van der Waals surface area contributed by atoms with E-state index in [1.807, 2.05) is 12.1 Å². The van der Waals surface area contributed by atoms with Crippen molar-refractivity contribution in [3.63, 3.8) is 0 Å². The van der Waals surface area contributed by atoms with Gasteiger partial charge < -0.3 is 20.7 Å². The number of anilines is 1. The monoisotopic (exact) mass is 432 g/mol. The van der Waals surface area contributed by atoms with E-state index in [0.29, 0.717) is 11.9 Å². The zero-order valence-electron chi connectivity index (χ0n) is 14.1. The van der Waals surface area contributed by atoms with Gasteiger partial charge in [-0.1, -0.05) is 25.5 Å². The minimum atomic E-state index is 0. The second-order valence-corrected chi connectivity index (χ2v) is 5.78. The van der Waals surface area contributed by atoms with Crippen LogP contribution in [0.1, 0.15) is 26.2 Å². The summed E-state index contributed by atoms with van der Waals surface area (Å²) in [7, 11) is 1.72. The number of para-hydroxylation sites is 2. The van der Waals surface area contributed by atoms with Gasteiger partial charge in [0.15, 0.2) is 5.96 Å². The lowest BCUT2D eigenvalue weighted by atomic mass is 10.1. The number of ether oxygens (including phenoxy) is 1. The van der Waals surface area contributed by atoms with Crippen molar-refractivity contribution < 1.29 is 4.74 Å². The largest absolute Gasteiger partial charge is 0.495 e. The average molecular weight is 432 g/mol. The number of nitrogens with zero attached hydrogens (tertiary/aromatic N) is 2. The Labute approximate surface area is 156 Å². The third-order valence-corrected chi connectivity index (χ3v) is 4.07. The highest BCUT2D eigenvalue weighted by Gasteiger charge is 2.24. The van der Waals surface area contributed by atoms with E-state index >= 15 is 0 Å². The molecule has 23 heavy (non-hydrogen) atoms. The van der Waals surface area contributed by atoms with E-state index in [1.165, 1.54) is 5.69 Å². The molecule has 0 aliphatic carbocycles. The number of guanidine groups is 1. The number of methoxy groups -OCH3 is 1. The summed E-state index contributed by atoms with van der Waals surface area (Å²) in [5, 5.41) is 3.16. The van der Waals surface area contributed by atoms with Crippen molar-refractivity contribution in [3.8, 4) is 5.75 Å². The normalized spacial score (nSPS) is 17.7. The molecule has 1 saturated heterocycles. The average Bonchev–Trinajstić information content (AvgIpc) is 3.02. The fraction of sp³-hybridized carbons (Fsp3) is 0.588. The van der Waals surface area contributed by atoms with E-state index in [0.717, 1.165) is 51.2 Å². The molecule has 5 nitrogen and oxygen atoms in total. The molecule has 0 bridgehead atoms. The van der Waals surface area contributed by atoms with Crippen molar-refractivity contribution in [2.24, 2.45) is 16.6 Å². The minimum absolute atomic E-state index is 0. The number of nitrogens with two attached hydrogens (primary N) is 1. The second-order valence-electron chi connectivity index (χ2n) is 5.78. The molecule has 130 valence electrons. The van der Waals surface area contributed by atoms with Crippen LogP contribution in [0.5, 0.6) is 5.75 Å².